The summed E-state index contributed by atoms with van der Waals surface area (Å²) in [5, 5.41) is 5.87. The van der Waals surface area contributed by atoms with Gasteiger partial charge in [0.05, 0.1) is 5.69 Å². The highest BCUT2D eigenvalue weighted by Crippen LogP contribution is 2.24. The minimum atomic E-state index is -0.223. The zero-order valence-electron chi connectivity index (χ0n) is 8.33. The van der Waals surface area contributed by atoms with E-state index in [1.54, 1.807) is 12.1 Å². The minimum Gasteiger partial charge on any atom is -0.314 e. The van der Waals surface area contributed by atoms with E-state index in [4.69, 9.17) is 0 Å². The third kappa shape index (κ3) is 2.22. The van der Waals surface area contributed by atoms with Crippen molar-refractivity contribution < 1.29 is 4.39 Å². The average molecular weight is 222 g/mol. The molecule has 0 aliphatic rings. The molecule has 2 nitrogen and oxygen atoms in total. The zero-order valence-corrected chi connectivity index (χ0v) is 9.14. The quantitative estimate of drug-likeness (QED) is 0.863. The Hall–Kier alpha value is -1.26. The van der Waals surface area contributed by atoms with Crippen LogP contribution in [0.25, 0.3) is 11.3 Å². The van der Waals surface area contributed by atoms with Crippen LogP contribution in [0, 0.1) is 5.82 Å². The van der Waals surface area contributed by atoms with Gasteiger partial charge in [0, 0.05) is 17.5 Å². The molecule has 0 radical (unpaired) electrons. The van der Waals surface area contributed by atoms with Crippen molar-refractivity contribution in [3.63, 3.8) is 0 Å². The van der Waals surface area contributed by atoms with Gasteiger partial charge in [-0.25, -0.2) is 9.37 Å². The Kier molecular flexibility index (Phi) is 3.08. The standard InChI is InChI=1S/C11H11FN2S/c1-13-6-11-14-10(7-15-11)8-4-2-3-5-9(8)12/h2-5,7,13H,6H2,1H3. The SMILES string of the molecule is CNCc1nc(-c2ccccc2F)cs1. The Morgan fingerprint density at radius 1 is 1.40 bits per heavy atom. The van der Waals surface area contributed by atoms with Crippen LogP contribution in [0.3, 0.4) is 0 Å². The smallest absolute Gasteiger partial charge is 0.132 e. The second kappa shape index (κ2) is 4.51. The summed E-state index contributed by atoms with van der Waals surface area (Å²) in [6, 6.07) is 6.69. The lowest BCUT2D eigenvalue weighted by Gasteiger charge is -1.97. The van der Waals surface area contributed by atoms with E-state index in [-0.39, 0.29) is 5.82 Å². The van der Waals surface area contributed by atoms with Gasteiger partial charge in [-0.05, 0) is 19.2 Å². The summed E-state index contributed by atoms with van der Waals surface area (Å²) < 4.78 is 13.4. The van der Waals surface area contributed by atoms with E-state index < -0.39 is 0 Å². The van der Waals surface area contributed by atoms with E-state index in [9.17, 15) is 4.39 Å². The monoisotopic (exact) mass is 222 g/mol. The molecule has 0 amide bonds. The summed E-state index contributed by atoms with van der Waals surface area (Å²) in [4.78, 5) is 4.35. The van der Waals surface area contributed by atoms with Gasteiger partial charge in [-0.3, -0.25) is 0 Å². The number of hydrogen-bond donors (Lipinski definition) is 1. The van der Waals surface area contributed by atoms with Crippen LogP contribution >= 0.6 is 11.3 Å². The maximum absolute atomic E-state index is 13.4. The minimum absolute atomic E-state index is 0.223. The number of benzene rings is 1. The molecule has 15 heavy (non-hydrogen) atoms. The molecule has 0 aliphatic heterocycles. The second-order valence-electron chi connectivity index (χ2n) is 3.14. The van der Waals surface area contributed by atoms with E-state index in [1.807, 2.05) is 18.5 Å². The van der Waals surface area contributed by atoms with Gasteiger partial charge < -0.3 is 5.32 Å². The third-order valence-corrected chi connectivity index (χ3v) is 2.88. The molecule has 1 N–H and O–H groups in total. The second-order valence-corrected chi connectivity index (χ2v) is 4.08. The van der Waals surface area contributed by atoms with Crippen LogP contribution < -0.4 is 5.32 Å². The Balaban J connectivity index is 2.33. The van der Waals surface area contributed by atoms with Crippen molar-refractivity contribution in [2.45, 2.75) is 6.54 Å². The van der Waals surface area contributed by atoms with E-state index in [1.165, 1.54) is 17.4 Å². The number of aromatic nitrogens is 1. The molecule has 0 saturated carbocycles. The lowest BCUT2D eigenvalue weighted by atomic mass is 10.2. The Morgan fingerprint density at radius 2 is 2.20 bits per heavy atom. The molecular formula is C11H11FN2S. The summed E-state index contributed by atoms with van der Waals surface area (Å²) >= 11 is 1.54. The normalized spacial score (nSPS) is 10.5. The molecule has 0 aliphatic carbocycles. The number of nitrogens with zero attached hydrogens (tertiary/aromatic N) is 1. The lowest BCUT2D eigenvalue weighted by Crippen LogP contribution is -2.04. The Morgan fingerprint density at radius 3 is 2.93 bits per heavy atom. The van der Waals surface area contributed by atoms with Crippen molar-refractivity contribution >= 4 is 11.3 Å². The predicted octanol–water partition coefficient (Wildman–Crippen LogP) is 2.67. The molecule has 1 aromatic carbocycles. The molecule has 0 fully saturated rings. The van der Waals surface area contributed by atoms with E-state index in [2.05, 4.69) is 10.3 Å². The average Bonchev–Trinajstić information content (AvgIpc) is 2.68. The largest absolute Gasteiger partial charge is 0.314 e. The van der Waals surface area contributed by atoms with E-state index in [0.717, 1.165) is 11.6 Å². The van der Waals surface area contributed by atoms with Gasteiger partial charge in [-0.15, -0.1) is 11.3 Å². The summed E-state index contributed by atoms with van der Waals surface area (Å²) in [6.45, 7) is 0.721. The molecule has 0 spiro atoms. The summed E-state index contributed by atoms with van der Waals surface area (Å²) in [7, 11) is 1.87. The van der Waals surface area contributed by atoms with E-state index >= 15 is 0 Å². The number of nitrogens with one attached hydrogen (secondary N) is 1. The van der Waals surface area contributed by atoms with Crippen LogP contribution in [0.5, 0.6) is 0 Å². The number of thiazole rings is 1. The molecule has 0 unspecified atom stereocenters. The first-order valence-corrected chi connectivity index (χ1v) is 5.53. The highest BCUT2D eigenvalue weighted by atomic mass is 32.1. The highest BCUT2D eigenvalue weighted by Gasteiger charge is 2.07. The summed E-state index contributed by atoms with van der Waals surface area (Å²) in [5.74, 6) is -0.223. The predicted molar refractivity (Wildman–Crippen MR) is 60.3 cm³/mol. The molecular weight excluding hydrogens is 211 g/mol. The van der Waals surface area contributed by atoms with Crippen LogP contribution in [-0.4, -0.2) is 12.0 Å². The fourth-order valence-electron chi connectivity index (χ4n) is 1.34. The highest BCUT2D eigenvalue weighted by molar-refractivity contribution is 7.09. The van der Waals surface area contributed by atoms with Crippen LogP contribution in [0.4, 0.5) is 4.39 Å². The topological polar surface area (TPSA) is 24.9 Å². The number of rotatable bonds is 3. The molecule has 4 heteroatoms. The van der Waals surface area contributed by atoms with Crippen LogP contribution in [0.1, 0.15) is 5.01 Å². The van der Waals surface area contributed by atoms with Gasteiger partial charge in [0.15, 0.2) is 0 Å². The fourth-order valence-corrected chi connectivity index (χ4v) is 2.14. The van der Waals surface area contributed by atoms with Crippen molar-refractivity contribution in [3.05, 3.63) is 40.5 Å². The molecule has 0 atom stereocenters. The van der Waals surface area contributed by atoms with Crippen molar-refractivity contribution in [1.29, 1.82) is 0 Å². The first-order valence-electron chi connectivity index (χ1n) is 4.65. The molecule has 1 heterocycles. The van der Waals surface area contributed by atoms with Crippen LogP contribution in [0.15, 0.2) is 29.6 Å². The van der Waals surface area contributed by atoms with Gasteiger partial charge in [-0.2, -0.15) is 0 Å². The van der Waals surface area contributed by atoms with Crippen molar-refractivity contribution in [1.82, 2.24) is 10.3 Å². The third-order valence-electron chi connectivity index (χ3n) is 2.03. The molecule has 2 aromatic rings. The fraction of sp³-hybridized carbons (Fsp3) is 0.182. The molecule has 78 valence electrons. The first kappa shape index (κ1) is 10.3. The maximum Gasteiger partial charge on any atom is 0.132 e. The molecule has 0 bridgehead atoms. The first-order chi connectivity index (χ1) is 7.31. The van der Waals surface area contributed by atoms with E-state index in [0.29, 0.717) is 11.3 Å². The van der Waals surface area contributed by atoms with Crippen molar-refractivity contribution in [2.75, 3.05) is 7.05 Å². The van der Waals surface area contributed by atoms with Gasteiger partial charge in [0.25, 0.3) is 0 Å². The van der Waals surface area contributed by atoms with Crippen molar-refractivity contribution in [3.8, 4) is 11.3 Å². The van der Waals surface area contributed by atoms with Gasteiger partial charge >= 0.3 is 0 Å². The Bertz CT molecular complexity index is 453. The Labute approximate surface area is 91.8 Å². The lowest BCUT2D eigenvalue weighted by molar-refractivity contribution is 0.631. The van der Waals surface area contributed by atoms with Gasteiger partial charge in [0.1, 0.15) is 10.8 Å². The van der Waals surface area contributed by atoms with Crippen molar-refractivity contribution in [2.24, 2.45) is 0 Å². The van der Waals surface area contributed by atoms with Crippen LogP contribution in [-0.2, 0) is 6.54 Å². The number of hydrogen-bond acceptors (Lipinski definition) is 3. The molecule has 0 saturated heterocycles. The molecule has 2 rings (SSSR count). The maximum atomic E-state index is 13.4. The number of halogens is 1. The van der Waals surface area contributed by atoms with Gasteiger partial charge in [-0.1, -0.05) is 12.1 Å². The molecule has 1 aromatic heterocycles. The van der Waals surface area contributed by atoms with Crippen LogP contribution in [0.2, 0.25) is 0 Å². The summed E-state index contributed by atoms with van der Waals surface area (Å²) in [5.41, 5.74) is 1.28. The van der Waals surface area contributed by atoms with Gasteiger partial charge in [0.2, 0.25) is 0 Å². The summed E-state index contributed by atoms with van der Waals surface area (Å²) in [6.07, 6.45) is 0. The zero-order chi connectivity index (χ0) is 10.7.